The Kier molecular flexibility index (Phi) is 6.42. The highest BCUT2D eigenvalue weighted by atomic mass is 32.2. The van der Waals surface area contributed by atoms with E-state index in [0.717, 1.165) is 24.3 Å². The monoisotopic (exact) mass is 367 g/mol. The van der Waals surface area contributed by atoms with Crippen molar-refractivity contribution in [1.82, 2.24) is 4.90 Å². The first-order chi connectivity index (χ1) is 12.6. The van der Waals surface area contributed by atoms with Crippen LogP contribution in [-0.2, 0) is 6.42 Å². The van der Waals surface area contributed by atoms with Gasteiger partial charge >= 0.3 is 0 Å². The molecule has 26 heavy (non-hydrogen) atoms. The average molecular weight is 368 g/mol. The van der Waals surface area contributed by atoms with Crippen molar-refractivity contribution in [3.05, 3.63) is 70.8 Å². The summed E-state index contributed by atoms with van der Waals surface area (Å²) in [6.07, 6.45) is 3.49. The normalized spacial score (nSPS) is 17.1. The van der Waals surface area contributed by atoms with Crippen LogP contribution in [0.15, 0.2) is 48.5 Å². The largest absolute Gasteiger partial charge is 0.322 e. The van der Waals surface area contributed by atoms with E-state index in [-0.39, 0.29) is 11.3 Å². The molecule has 1 unspecified atom stereocenters. The van der Waals surface area contributed by atoms with Crippen molar-refractivity contribution >= 4 is 17.7 Å². The first-order valence-corrected chi connectivity index (χ1v) is 10.8. The molecule has 1 aliphatic rings. The molecule has 1 atom stereocenters. The molecule has 138 valence electrons. The van der Waals surface area contributed by atoms with Crippen LogP contribution in [0.25, 0.3) is 0 Å². The van der Waals surface area contributed by atoms with E-state index in [4.69, 9.17) is 0 Å². The van der Waals surface area contributed by atoms with Crippen LogP contribution in [0, 0.1) is 0 Å². The third-order valence-corrected chi connectivity index (χ3v) is 6.32. The van der Waals surface area contributed by atoms with Crippen LogP contribution in [0.1, 0.15) is 72.0 Å². The zero-order valence-corrected chi connectivity index (χ0v) is 16.9. The Hall–Kier alpha value is -1.74. The highest BCUT2D eigenvalue weighted by molar-refractivity contribution is 7.99. The molecule has 0 spiro atoms. The van der Waals surface area contributed by atoms with Crippen LogP contribution in [0.2, 0.25) is 0 Å². The van der Waals surface area contributed by atoms with E-state index < -0.39 is 0 Å². The zero-order chi connectivity index (χ0) is 18.5. The van der Waals surface area contributed by atoms with Crippen molar-refractivity contribution in [3.63, 3.8) is 0 Å². The van der Waals surface area contributed by atoms with Crippen molar-refractivity contribution in [2.24, 2.45) is 0 Å². The number of nitrogens with zero attached hydrogens (tertiary/aromatic N) is 1. The van der Waals surface area contributed by atoms with E-state index in [1.165, 1.54) is 29.5 Å². The maximum absolute atomic E-state index is 13.0. The number of amides is 1. The third kappa shape index (κ3) is 4.32. The molecule has 2 aromatic carbocycles. The molecule has 2 nitrogen and oxygen atoms in total. The van der Waals surface area contributed by atoms with E-state index >= 15 is 0 Å². The third-order valence-electron chi connectivity index (χ3n) is 5.06. The molecule has 0 radical (unpaired) electrons. The lowest BCUT2D eigenvalue weighted by Crippen LogP contribution is -2.30. The molecular weight excluding hydrogens is 338 g/mol. The summed E-state index contributed by atoms with van der Waals surface area (Å²) in [7, 11) is 0. The lowest BCUT2D eigenvalue weighted by Gasteiger charge is -2.24. The lowest BCUT2D eigenvalue weighted by molar-refractivity contribution is 0.0760. The Morgan fingerprint density at radius 2 is 1.81 bits per heavy atom. The first-order valence-electron chi connectivity index (χ1n) is 9.71. The van der Waals surface area contributed by atoms with Gasteiger partial charge in [0.25, 0.3) is 5.91 Å². The summed E-state index contributed by atoms with van der Waals surface area (Å²) < 4.78 is 0. The van der Waals surface area contributed by atoms with Crippen LogP contribution in [0.4, 0.5) is 0 Å². The topological polar surface area (TPSA) is 20.3 Å². The maximum Gasteiger partial charge on any atom is 0.255 e. The van der Waals surface area contributed by atoms with Gasteiger partial charge in [0.05, 0.1) is 0 Å². The number of hydrogen-bond donors (Lipinski definition) is 0. The summed E-state index contributed by atoms with van der Waals surface area (Å²) in [5.41, 5.74) is 4.69. The second-order valence-electron chi connectivity index (χ2n) is 7.34. The summed E-state index contributed by atoms with van der Waals surface area (Å²) in [5.74, 6) is 1.68. The molecule has 0 N–H and O–H groups in total. The number of carbonyl (C=O) groups excluding carboxylic acids is 1. The molecule has 1 amide bonds. The van der Waals surface area contributed by atoms with Gasteiger partial charge in [-0.05, 0) is 47.6 Å². The van der Waals surface area contributed by atoms with Crippen LogP contribution in [0.5, 0.6) is 0 Å². The summed E-state index contributed by atoms with van der Waals surface area (Å²) >= 11 is 1.86. The molecule has 1 fully saturated rings. The zero-order valence-electron chi connectivity index (χ0n) is 16.1. The van der Waals surface area contributed by atoms with E-state index in [1.54, 1.807) is 0 Å². The van der Waals surface area contributed by atoms with Gasteiger partial charge in [-0.1, -0.05) is 63.6 Å². The van der Waals surface area contributed by atoms with E-state index in [0.29, 0.717) is 5.92 Å². The fourth-order valence-electron chi connectivity index (χ4n) is 3.36. The summed E-state index contributed by atoms with van der Waals surface area (Å²) in [6.45, 7) is 7.44. The molecule has 0 saturated carbocycles. The predicted molar refractivity (Wildman–Crippen MR) is 112 cm³/mol. The van der Waals surface area contributed by atoms with E-state index in [1.807, 2.05) is 28.8 Å². The fraction of sp³-hybridized carbons (Fsp3) is 0.435. The van der Waals surface area contributed by atoms with Gasteiger partial charge < -0.3 is 4.90 Å². The molecule has 1 aliphatic heterocycles. The molecule has 1 saturated heterocycles. The standard InChI is InChI=1S/C23H29NOS/c1-4-5-6-18-7-9-20(10-8-18)22(25)24-15-16-26-23(24)21-13-11-19(12-14-21)17(2)3/h7-14,17,23H,4-6,15-16H2,1-3H3. The van der Waals surface area contributed by atoms with E-state index in [2.05, 4.69) is 57.2 Å². The van der Waals surface area contributed by atoms with Crippen molar-refractivity contribution < 1.29 is 4.79 Å². The van der Waals surface area contributed by atoms with Gasteiger partial charge in [-0.2, -0.15) is 0 Å². The minimum absolute atomic E-state index is 0.128. The number of thioether (sulfide) groups is 1. The second-order valence-corrected chi connectivity index (χ2v) is 8.53. The smallest absolute Gasteiger partial charge is 0.255 e. The minimum atomic E-state index is 0.128. The van der Waals surface area contributed by atoms with Gasteiger partial charge in [-0.25, -0.2) is 0 Å². The Morgan fingerprint density at radius 1 is 1.12 bits per heavy atom. The van der Waals surface area contributed by atoms with Crippen molar-refractivity contribution in [3.8, 4) is 0 Å². The van der Waals surface area contributed by atoms with Gasteiger partial charge in [0.2, 0.25) is 0 Å². The van der Waals surface area contributed by atoms with Gasteiger partial charge in [0, 0.05) is 17.9 Å². The average Bonchev–Trinajstić information content (AvgIpc) is 3.16. The van der Waals surface area contributed by atoms with Crippen molar-refractivity contribution in [2.45, 2.75) is 51.3 Å². The summed E-state index contributed by atoms with van der Waals surface area (Å²) in [6, 6.07) is 17.0. The highest BCUT2D eigenvalue weighted by Gasteiger charge is 2.31. The van der Waals surface area contributed by atoms with Gasteiger partial charge in [0.1, 0.15) is 5.37 Å². The Bertz CT molecular complexity index is 721. The molecule has 1 heterocycles. The summed E-state index contributed by atoms with van der Waals surface area (Å²) in [4.78, 5) is 15.1. The van der Waals surface area contributed by atoms with Crippen LogP contribution < -0.4 is 0 Å². The number of unbranched alkanes of at least 4 members (excludes halogenated alkanes) is 1. The van der Waals surface area contributed by atoms with Crippen LogP contribution in [-0.4, -0.2) is 23.1 Å². The van der Waals surface area contributed by atoms with Gasteiger partial charge in [-0.3, -0.25) is 4.79 Å². The first kappa shape index (κ1) is 19.0. The van der Waals surface area contributed by atoms with Gasteiger partial charge in [-0.15, -0.1) is 11.8 Å². The predicted octanol–water partition coefficient (Wildman–Crippen LogP) is 6.04. The SMILES string of the molecule is CCCCc1ccc(C(=O)N2CCSC2c2ccc(C(C)C)cc2)cc1. The number of benzene rings is 2. The quantitative estimate of drug-likeness (QED) is 0.620. The van der Waals surface area contributed by atoms with Crippen molar-refractivity contribution in [2.75, 3.05) is 12.3 Å². The number of hydrogen-bond acceptors (Lipinski definition) is 2. The van der Waals surface area contributed by atoms with Crippen LogP contribution >= 0.6 is 11.8 Å². The van der Waals surface area contributed by atoms with Crippen LogP contribution in [0.3, 0.4) is 0 Å². The molecular formula is C23H29NOS. The maximum atomic E-state index is 13.0. The second kappa shape index (κ2) is 8.77. The molecule has 0 aliphatic carbocycles. The lowest BCUT2D eigenvalue weighted by atomic mass is 10.0. The Labute approximate surface area is 162 Å². The fourth-order valence-corrected chi connectivity index (χ4v) is 4.62. The van der Waals surface area contributed by atoms with Gasteiger partial charge in [0.15, 0.2) is 0 Å². The molecule has 3 rings (SSSR count). The molecule has 2 aromatic rings. The molecule has 0 aromatic heterocycles. The Morgan fingerprint density at radius 3 is 2.42 bits per heavy atom. The molecule has 0 bridgehead atoms. The summed E-state index contributed by atoms with van der Waals surface area (Å²) in [5, 5.41) is 0.128. The highest BCUT2D eigenvalue weighted by Crippen LogP contribution is 2.39. The number of rotatable bonds is 6. The van der Waals surface area contributed by atoms with Crippen molar-refractivity contribution in [1.29, 1.82) is 0 Å². The minimum Gasteiger partial charge on any atom is -0.322 e. The Balaban J connectivity index is 1.73. The number of carbonyl (C=O) groups is 1. The van der Waals surface area contributed by atoms with E-state index in [9.17, 15) is 4.79 Å². The molecule has 3 heteroatoms. The number of aryl methyl sites for hydroxylation is 1.